The molecule has 1 amide bonds. The molecule has 3 aromatic rings. The minimum absolute atomic E-state index is 0.0144. The Kier molecular flexibility index (Phi) is 8.08. The van der Waals surface area contributed by atoms with Gasteiger partial charge in [-0.1, -0.05) is 23.4 Å². The molecule has 10 nitrogen and oxygen atoms in total. The summed E-state index contributed by atoms with van der Waals surface area (Å²) < 4.78 is 31.2. The van der Waals surface area contributed by atoms with E-state index in [0.717, 1.165) is 5.82 Å². The van der Waals surface area contributed by atoms with Crippen LogP contribution in [0.5, 0.6) is 0 Å². The lowest BCUT2D eigenvalue weighted by molar-refractivity contribution is -0.0475. The number of carbonyl (C=O) groups excluding carboxylic acids is 1. The molecule has 5 rings (SSSR count). The molecular weight excluding hydrogens is 503 g/mol. The van der Waals surface area contributed by atoms with Crippen molar-refractivity contribution < 1.29 is 23.2 Å². The second-order valence-electron chi connectivity index (χ2n) is 10.5. The van der Waals surface area contributed by atoms with Crippen LogP contribution >= 0.6 is 0 Å². The second kappa shape index (κ2) is 11.7. The molecule has 11 heteroatoms. The van der Waals surface area contributed by atoms with Crippen LogP contribution in [-0.2, 0) is 9.47 Å². The van der Waals surface area contributed by atoms with Gasteiger partial charge in [-0.05, 0) is 57.4 Å². The minimum atomic E-state index is -0.390. The first-order chi connectivity index (χ1) is 18.8. The molecule has 3 unspecified atom stereocenters. The lowest BCUT2D eigenvalue weighted by Gasteiger charge is -2.32. The number of hydrogen-bond acceptors (Lipinski definition) is 9. The molecule has 0 bridgehead atoms. The van der Waals surface area contributed by atoms with Crippen LogP contribution in [-0.4, -0.2) is 70.5 Å². The number of nitrogens with two attached hydrogens (primary N) is 1. The molecule has 2 N–H and O–H groups in total. The van der Waals surface area contributed by atoms with E-state index in [9.17, 15) is 9.18 Å². The van der Waals surface area contributed by atoms with Crippen LogP contribution in [0.4, 0.5) is 15.0 Å². The molecule has 2 fully saturated rings. The Hall–Kier alpha value is -3.57. The van der Waals surface area contributed by atoms with Crippen molar-refractivity contribution in [3.05, 3.63) is 59.9 Å². The minimum Gasteiger partial charge on any atom is -0.447 e. The van der Waals surface area contributed by atoms with Crippen molar-refractivity contribution in [2.75, 3.05) is 31.1 Å². The predicted molar refractivity (Wildman–Crippen MR) is 143 cm³/mol. The number of hydrogen-bond donors (Lipinski definition) is 1. The van der Waals surface area contributed by atoms with E-state index in [4.69, 9.17) is 19.7 Å². The van der Waals surface area contributed by atoms with Gasteiger partial charge in [0, 0.05) is 49.9 Å². The largest absolute Gasteiger partial charge is 0.447 e. The molecule has 3 atom stereocenters. The lowest BCUT2D eigenvalue weighted by atomic mass is 9.94. The van der Waals surface area contributed by atoms with Crippen molar-refractivity contribution in [3.63, 3.8) is 0 Å². The van der Waals surface area contributed by atoms with Crippen LogP contribution in [0.2, 0.25) is 0 Å². The van der Waals surface area contributed by atoms with Crippen molar-refractivity contribution in [3.8, 4) is 11.4 Å². The molecular formula is C28H35FN6O4. The van der Waals surface area contributed by atoms with Gasteiger partial charge in [0.15, 0.2) is 0 Å². The highest BCUT2D eigenvalue weighted by Crippen LogP contribution is 2.31. The van der Waals surface area contributed by atoms with E-state index in [1.54, 1.807) is 23.2 Å². The van der Waals surface area contributed by atoms with Crippen molar-refractivity contribution in [2.45, 2.75) is 63.9 Å². The Morgan fingerprint density at radius 3 is 2.59 bits per heavy atom. The van der Waals surface area contributed by atoms with Crippen LogP contribution in [0.15, 0.2) is 47.1 Å². The fourth-order valence-corrected chi connectivity index (χ4v) is 5.14. The summed E-state index contributed by atoms with van der Waals surface area (Å²) in [5.74, 6) is 1.24. The molecule has 0 aliphatic carbocycles. The summed E-state index contributed by atoms with van der Waals surface area (Å²) >= 11 is 0. The Morgan fingerprint density at radius 2 is 1.90 bits per heavy atom. The Bertz CT molecular complexity index is 1260. The monoisotopic (exact) mass is 538 g/mol. The number of benzene rings is 1. The van der Waals surface area contributed by atoms with E-state index in [-0.39, 0.29) is 42.2 Å². The van der Waals surface area contributed by atoms with Crippen molar-refractivity contribution >= 4 is 11.9 Å². The third-order valence-electron chi connectivity index (χ3n) is 7.22. The number of aromatic nitrogens is 3. The summed E-state index contributed by atoms with van der Waals surface area (Å²) in [6, 6.07) is 10.4. The number of rotatable bonds is 7. The van der Waals surface area contributed by atoms with Crippen LogP contribution in [0.25, 0.3) is 11.4 Å². The number of ether oxygens (including phenoxy) is 2. The van der Waals surface area contributed by atoms with Gasteiger partial charge in [-0.25, -0.2) is 14.2 Å². The molecule has 2 aliphatic heterocycles. The van der Waals surface area contributed by atoms with E-state index >= 15 is 0 Å². The van der Waals surface area contributed by atoms with Gasteiger partial charge in [0.05, 0.1) is 12.2 Å². The van der Waals surface area contributed by atoms with Crippen LogP contribution in [0, 0.1) is 5.82 Å². The maximum atomic E-state index is 14.3. The Labute approximate surface area is 227 Å². The zero-order valence-corrected chi connectivity index (χ0v) is 22.5. The molecule has 39 heavy (non-hydrogen) atoms. The Balaban J connectivity index is 1.16. The number of halogens is 1. The van der Waals surface area contributed by atoms with Crippen molar-refractivity contribution in [2.24, 2.45) is 5.73 Å². The average Bonchev–Trinajstić information content (AvgIpc) is 3.57. The average molecular weight is 539 g/mol. The summed E-state index contributed by atoms with van der Waals surface area (Å²) in [6.45, 7) is 7.90. The predicted octanol–water partition coefficient (Wildman–Crippen LogP) is 4.29. The van der Waals surface area contributed by atoms with Gasteiger partial charge in [-0.15, -0.1) is 0 Å². The lowest BCUT2D eigenvalue weighted by Crippen LogP contribution is -2.42. The molecule has 2 aromatic heterocycles. The summed E-state index contributed by atoms with van der Waals surface area (Å²) in [4.78, 5) is 25.0. The number of pyridine rings is 1. The zero-order chi connectivity index (χ0) is 27.5. The van der Waals surface area contributed by atoms with Gasteiger partial charge in [-0.3, -0.25) is 0 Å². The number of carbonyl (C=O) groups is 1. The van der Waals surface area contributed by atoms with Gasteiger partial charge in [0.2, 0.25) is 5.82 Å². The van der Waals surface area contributed by atoms with E-state index in [1.165, 1.54) is 6.07 Å². The first-order valence-electron chi connectivity index (χ1n) is 13.4. The summed E-state index contributed by atoms with van der Waals surface area (Å²) in [5.41, 5.74) is 7.71. The third-order valence-corrected chi connectivity index (χ3v) is 7.22. The van der Waals surface area contributed by atoms with E-state index in [0.29, 0.717) is 61.9 Å². The molecule has 0 saturated carbocycles. The van der Waals surface area contributed by atoms with Gasteiger partial charge >= 0.3 is 6.09 Å². The fourth-order valence-electron chi connectivity index (χ4n) is 5.14. The maximum absolute atomic E-state index is 14.3. The third kappa shape index (κ3) is 6.20. The SMILES string of the molecule is CC(C)OC(=O)N1CCC(OC(C)c2nc(-c3ccc(N4CC(N)C(c5ccccc5F)C4)nc3)no2)CC1. The number of nitrogens with zero attached hydrogens (tertiary/aromatic N) is 5. The summed E-state index contributed by atoms with van der Waals surface area (Å²) in [7, 11) is 0. The standard InChI is InChI=1S/C28H35FN6O4/c1-17(2)37-28(36)34-12-10-20(11-13-34)38-18(3)27-32-26(33-39-27)19-8-9-25(31-14-19)35-15-22(24(30)16-35)21-6-4-5-7-23(21)29/h4-9,14,17-18,20,22,24H,10-13,15-16,30H2,1-3H3. The van der Waals surface area contributed by atoms with Crippen LogP contribution in [0.1, 0.15) is 57.1 Å². The maximum Gasteiger partial charge on any atom is 0.410 e. The number of amides is 1. The highest BCUT2D eigenvalue weighted by atomic mass is 19.1. The summed E-state index contributed by atoms with van der Waals surface area (Å²) in [5, 5.41) is 4.11. The number of piperidine rings is 1. The molecule has 2 aliphatic rings. The van der Waals surface area contributed by atoms with Gasteiger partial charge in [0.25, 0.3) is 5.89 Å². The van der Waals surface area contributed by atoms with E-state index < -0.39 is 0 Å². The highest BCUT2D eigenvalue weighted by molar-refractivity contribution is 5.67. The molecule has 0 spiro atoms. The van der Waals surface area contributed by atoms with Crippen molar-refractivity contribution in [1.82, 2.24) is 20.0 Å². The molecule has 208 valence electrons. The number of likely N-dealkylation sites (tertiary alicyclic amines) is 1. The molecule has 4 heterocycles. The smallest absolute Gasteiger partial charge is 0.410 e. The number of anilines is 1. The van der Waals surface area contributed by atoms with Gasteiger partial charge < -0.3 is 29.5 Å². The van der Waals surface area contributed by atoms with Crippen LogP contribution in [0.3, 0.4) is 0 Å². The van der Waals surface area contributed by atoms with Crippen molar-refractivity contribution in [1.29, 1.82) is 0 Å². The first-order valence-corrected chi connectivity index (χ1v) is 13.4. The molecule has 2 saturated heterocycles. The van der Waals surface area contributed by atoms with E-state index in [1.807, 2.05) is 39.0 Å². The van der Waals surface area contributed by atoms with Crippen LogP contribution < -0.4 is 10.6 Å². The first kappa shape index (κ1) is 27.0. The van der Waals surface area contributed by atoms with E-state index in [2.05, 4.69) is 20.0 Å². The fraction of sp³-hybridized carbons (Fsp3) is 0.500. The second-order valence-corrected chi connectivity index (χ2v) is 10.5. The van der Waals surface area contributed by atoms with Gasteiger partial charge in [-0.2, -0.15) is 4.98 Å². The summed E-state index contributed by atoms with van der Waals surface area (Å²) in [6.07, 6.45) is 2.29. The topological polar surface area (TPSA) is 120 Å². The quantitative estimate of drug-likeness (QED) is 0.470. The van der Waals surface area contributed by atoms with Gasteiger partial charge in [0.1, 0.15) is 17.7 Å². The molecule has 0 radical (unpaired) electrons. The highest BCUT2D eigenvalue weighted by Gasteiger charge is 2.33. The normalized spacial score (nSPS) is 21.0. The Morgan fingerprint density at radius 1 is 1.13 bits per heavy atom. The zero-order valence-electron chi connectivity index (χ0n) is 22.5. The molecule has 1 aromatic carbocycles.